The number of nitrogens with one attached hydrogen (secondary N) is 2. The van der Waals surface area contributed by atoms with Gasteiger partial charge in [-0.15, -0.1) is 24.0 Å². The molecule has 1 saturated heterocycles. The highest BCUT2D eigenvalue weighted by Gasteiger charge is 2.21. The van der Waals surface area contributed by atoms with Crippen LogP contribution in [0.4, 0.5) is 0 Å². The van der Waals surface area contributed by atoms with Crippen molar-refractivity contribution in [2.24, 2.45) is 10.4 Å². The van der Waals surface area contributed by atoms with E-state index in [0.29, 0.717) is 6.04 Å². The number of likely N-dealkylation sites (N-methyl/N-ethyl adjacent to an activating group) is 1. The Labute approximate surface area is 193 Å². The fourth-order valence-electron chi connectivity index (χ4n) is 3.44. The van der Waals surface area contributed by atoms with Crippen LogP contribution < -0.4 is 10.6 Å². The predicted octanol–water partition coefficient (Wildman–Crippen LogP) is 3.33. The summed E-state index contributed by atoms with van der Waals surface area (Å²) in [5, 5.41) is 7.77. The molecule has 160 valence electrons. The first-order valence-electron chi connectivity index (χ1n) is 9.90. The van der Waals surface area contributed by atoms with E-state index in [4.69, 9.17) is 11.6 Å². The van der Waals surface area contributed by atoms with Crippen LogP contribution in [0.3, 0.4) is 0 Å². The topological polar surface area (TPSA) is 42.9 Å². The molecule has 0 amide bonds. The second-order valence-electron chi connectivity index (χ2n) is 8.47. The third-order valence-corrected chi connectivity index (χ3v) is 5.49. The van der Waals surface area contributed by atoms with Crippen molar-refractivity contribution in [2.75, 3.05) is 53.4 Å². The van der Waals surface area contributed by atoms with Gasteiger partial charge in [0.05, 0.1) is 0 Å². The Balaban J connectivity index is 0.00000392. The highest BCUT2D eigenvalue weighted by molar-refractivity contribution is 14.0. The molecule has 0 bridgehead atoms. The summed E-state index contributed by atoms with van der Waals surface area (Å²) in [6.45, 7) is 13.1. The Kier molecular flexibility index (Phi) is 11.1. The largest absolute Gasteiger partial charge is 0.356 e. The Morgan fingerprint density at radius 3 is 2.50 bits per heavy atom. The quantitative estimate of drug-likeness (QED) is 0.328. The summed E-state index contributed by atoms with van der Waals surface area (Å²) in [6.07, 6.45) is 0.968. The van der Waals surface area contributed by atoms with Gasteiger partial charge in [-0.25, -0.2) is 0 Å². The van der Waals surface area contributed by atoms with Crippen molar-refractivity contribution in [2.45, 2.75) is 33.2 Å². The molecule has 7 heteroatoms. The molecule has 0 spiro atoms. The molecule has 1 atom stereocenters. The second kappa shape index (κ2) is 12.2. The standard InChI is InChI=1S/C21H36ClN5.HI/c1-17(27-11-9-26(5)10-12-27)15-24-20(23-4)25-16-21(2,3)14-18-7-6-8-19(22)13-18;/h6-8,13,17H,9-12,14-16H2,1-5H3,(H2,23,24,25);1H. The number of hydrogen-bond acceptors (Lipinski definition) is 3. The summed E-state index contributed by atoms with van der Waals surface area (Å²) in [4.78, 5) is 9.32. The van der Waals surface area contributed by atoms with Gasteiger partial charge in [-0.05, 0) is 43.5 Å². The Bertz CT molecular complexity index is 615. The molecule has 1 heterocycles. The minimum Gasteiger partial charge on any atom is -0.356 e. The van der Waals surface area contributed by atoms with E-state index in [1.54, 1.807) is 0 Å². The van der Waals surface area contributed by atoms with Gasteiger partial charge in [-0.2, -0.15) is 0 Å². The average Bonchev–Trinajstić information content (AvgIpc) is 2.62. The lowest BCUT2D eigenvalue weighted by Crippen LogP contribution is -2.52. The lowest BCUT2D eigenvalue weighted by molar-refractivity contribution is 0.120. The highest BCUT2D eigenvalue weighted by Crippen LogP contribution is 2.22. The van der Waals surface area contributed by atoms with Crippen molar-refractivity contribution in [1.82, 2.24) is 20.4 Å². The number of piperazine rings is 1. The maximum Gasteiger partial charge on any atom is 0.191 e. The van der Waals surface area contributed by atoms with Crippen LogP contribution in [0.2, 0.25) is 5.02 Å². The molecule has 0 aliphatic carbocycles. The summed E-state index contributed by atoms with van der Waals surface area (Å²) in [7, 11) is 4.02. The molecule has 1 unspecified atom stereocenters. The highest BCUT2D eigenvalue weighted by atomic mass is 127. The van der Waals surface area contributed by atoms with E-state index in [1.807, 2.05) is 25.2 Å². The Morgan fingerprint density at radius 2 is 1.89 bits per heavy atom. The third-order valence-electron chi connectivity index (χ3n) is 5.26. The number of nitrogens with zero attached hydrogens (tertiary/aromatic N) is 3. The summed E-state index contributed by atoms with van der Waals surface area (Å²) in [5.74, 6) is 0.871. The number of hydrogen-bond donors (Lipinski definition) is 2. The molecule has 0 aromatic heterocycles. The van der Waals surface area contributed by atoms with Gasteiger partial charge in [-0.1, -0.05) is 37.6 Å². The van der Waals surface area contributed by atoms with Gasteiger partial charge in [0.15, 0.2) is 5.96 Å². The van der Waals surface area contributed by atoms with Gasteiger partial charge in [0, 0.05) is 57.4 Å². The monoisotopic (exact) mass is 521 g/mol. The van der Waals surface area contributed by atoms with Crippen molar-refractivity contribution in [1.29, 1.82) is 0 Å². The number of benzene rings is 1. The molecule has 28 heavy (non-hydrogen) atoms. The van der Waals surface area contributed by atoms with Crippen LogP contribution in [-0.2, 0) is 6.42 Å². The molecule has 0 radical (unpaired) electrons. The summed E-state index contributed by atoms with van der Waals surface area (Å²) >= 11 is 6.12. The predicted molar refractivity (Wildman–Crippen MR) is 132 cm³/mol. The summed E-state index contributed by atoms with van der Waals surface area (Å²) in [6, 6.07) is 8.62. The van der Waals surface area contributed by atoms with Gasteiger partial charge >= 0.3 is 0 Å². The Hall–Kier alpha value is -0.570. The first-order chi connectivity index (χ1) is 12.8. The van der Waals surface area contributed by atoms with Crippen molar-refractivity contribution in [3.8, 4) is 0 Å². The molecular formula is C21H37ClIN5. The molecule has 2 N–H and O–H groups in total. The maximum absolute atomic E-state index is 6.12. The van der Waals surface area contributed by atoms with Gasteiger partial charge in [0.25, 0.3) is 0 Å². The number of halogens is 2. The zero-order chi connectivity index (χ0) is 19.9. The first kappa shape index (κ1) is 25.5. The minimum absolute atomic E-state index is 0. The average molecular weight is 522 g/mol. The van der Waals surface area contributed by atoms with E-state index < -0.39 is 0 Å². The molecule has 1 aliphatic heterocycles. The first-order valence-corrected chi connectivity index (χ1v) is 10.3. The fraction of sp³-hybridized carbons (Fsp3) is 0.667. The third kappa shape index (κ3) is 8.84. The van der Waals surface area contributed by atoms with Crippen molar-refractivity contribution in [3.05, 3.63) is 34.9 Å². The van der Waals surface area contributed by atoms with E-state index in [1.165, 1.54) is 5.56 Å². The van der Waals surface area contributed by atoms with Crippen LogP contribution in [0.5, 0.6) is 0 Å². The molecule has 1 aliphatic rings. The Morgan fingerprint density at radius 1 is 1.21 bits per heavy atom. The van der Waals surface area contributed by atoms with E-state index >= 15 is 0 Å². The van der Waals surface area contributed by atoms with E-state index in [0.717, 1.165) is 56.7 Å². The van der Waals surface area contributed by atoms with Crippen molar-refractivity contribution < 1.29 is 0 Å². The fourth-order valence-corrected chi connectivity index (χ4v) is 3.65. The van der Waals surface area contributed by atoms with Gasteiger partial charge in [-0.3, -0.25) is 9.89 Å². The van der Waals surface area contributed by atoms with Gasteiger partial charge < -0.3 is 15.5 Å². The normalized spacial score (nSPS) is 17.7. The van der Waals surface area contributed by atoms with E-state index in [2.05, 4.69) is 59.3 Å². The van der Waals surface area contributed by atoms with Crippen LogP contribution in [0.25, 0.3) is 0 Å². The van der Waals surface area contributed by atoms with E-state index in [9.17, 15) is 0 Å². The summed E-state index contributed by atoms with van der Waals surface area (Å²) < 4.78 is 0. The van der Waals surface area contributed by atoms with Gasteiger partial charge in [0.1, 0.15) is 0 Å². The zero-order valence-electron chi connectivity index (χ0n) is 18.0. The van der Waals surface area contributed by atoms with Crippen LogP contribution in [0.1, 0.15) is 26.3 Å². The maximum atomic E-state index is 6.12. The molecule has 1 aromatic rings. The van der Waals surface area contributed by atoms with Crippen molar-refractivity contribution in [3.63, 3.8) is 0 Å². The van der Waals surface area contributed by atoms with Crippen LogP contribution in [-0.4, -0.2) is 75.2 Å². The SMILES string of the molecule is CN=C(NCC(C)N1CCN(C)CC1)NCC(C)(C)Cc1cccc(Cl)c1.I. The number of aliphatic imine (C=N–C) groups is 1. The molecule has 2 rings (SSSR count). The van der Waals surface area contributed by atoms with Crippen LogP contribution in [0.15, 0.2) is 29.3 Å². The molecule has 1 fully saturated rings. The molecule has 1 aromatic carbocycles. The minimum atomic E-state index is 0. The van der Waals surface area contributed by atoms with E-state index in [-0.39, 0.29) is 29.4 Å². The van der Waals surface area contributed by atoms with Gasteiger partial charge in [0.2, 0.25) is 0 Å². The molecular weight excluding hydrogens is 485 g/mol. The van der Waals surface area contributed by atoms with Crippen LogP contribution >= 0.6 is 35.6 Å². The lowest BCUT2D eigenvalue weighted by Gasteiger charge is -2.36. The summed E-state index contributed by atoms with van der Waals surface area (Å²) in [5.41, 5.74) is 1.37. The number of rotatable bonds is 7. The molecule has 0 saturated carbocycles. The zero-order valence-corrected chi connectivity index (χ0v) is 21.1. The molecule has 5 nitrogen and oxygen atoms in total. The second-order valence-corrected chi connectivity index (χ2v) is 8.90. The lowest BCUT2D eigenvalue weighted by atomic mass is 9.86. The van der Waals surface area contributed by atoms with Crippen molar-refractivity contribution >= 4 is 41.5 Å². The smallest absolute Gasteiger partial charge is 0.191 e. The number of guanidine groups is 1. The van der Waals surface area contributed by atoms with Crippen LogP contribution in [0, 0.1) is 5.41 Å².